The standard InChI is InChI=1S/C26H35N3O4/c1-5-32-23-16-20(17-24(18-23)33-6-2)26(31)27-21-7-9-22(10-8-21)28-11-13-29(14-12-28)25(30)15-19(3)4/h7-10,16-19H,5-6,11-15H2,1-4H3,(H,27,31). The molecule has 0 bridgehead atoms. The highest BCUT2D eigenvalue weighted by molar-refractivity contribution is 6.04. The molecule has 1 fully saturated rings. The number of benzene rings is 2. The summed E-state index contributed by atoms with van der Waals surface area (Å²) in [5, 5.41) is 2.95. The van der Waals surface area contributed by atoms with Crippen LogP contribution in [0.25, 0.3) is 0 Å². The van der Waals surface area contributed by atoms with E-state index in [0.29, 0.717) is 48.3 Å². The van der Waals surface area contributed by atoms with Gasteiger partial charge in [-0.05, 0) is 56.2 Å². The fourth-order valence-corrected chi connectivity index (χ4v) is 3.85. The molecule has 0 unspecified atom stereocenters. The van der Waals surface area contributed by atoms with Gasteiger partial charge in [0.2, 0.25) is 5.91 Å². The van der Waals surface area contributed by atoms with Gasteiger partial charge in [0.1, 0.15) is 11.5 Å². The van der Waals surface area contributed by atoms with Gasteiger partial charge in [0.25, 0.3) is 5.91 Å². The van der Waals surface area contributed by atoms with Gasteiger partial charge in [-0.3, -0.25) is 9.59 Å². The van der Waals surface area contributed by atoms with E-state index in [1.807, 2.05) is 43.0 Å². The zero-order valence-electron chi connectivity index (χ0n) is 20.1. The first kappa shape index (κ1) is 24.4. The molecule has 0 atom stereocenters. The third kappa shape index (κ3) is 6.88. The fourth-order valence-electron chi connectivity index (χ4n) is 3.85. The molecule has 1 aliphatic rings. The normalized spacial score (nSPS) is 13.7. The minimum Gasteiger partial charge on any atom is -0.494 e. The van der Waals surface area contributed by atoms with Crippen LogP contribution in [0.15, 0.2) is 42.5 Å². The molecule has 2 aromatic carbocycles. The van der Waals surface area contributed by atoms with Crippen molar-refractivity contribution < 1.29 is 19.1 Å². The van der Waals surface area contributed by atoms with Crippen molar-refractivity contribution in [2.45, 2.75) is 34.1 Å². The largest absolute Gasteiger partial charge is 0.494 e. The molecule has 0 saturated carbocycles. The molecule has 7 nitrogen and oxygen atoms in total. The van der Waals surface area contributed by atoms with Crippen molar-refractivity contribution >= 4 is 23.2 Å². The number of piperazine rings is 1. The molecule has 0 spiro atoms. The van der Waals surface area contributed by atoms with Crippen molar-refractivity contribution in [3.8, 4) is 11.5 Å². The zero-order valence-corrected chi connectivity index (χ0v) is 20.1. The highest BCUT2D eigenvalue weighted by Gasteiger charge is 2.21. The summed E-state index contributed by atoms with van der Waals surface area (Å²) in [5.74, 6) is 1.61. The predicted octanol–water partition coefficient (Wildman–Crippen LogP) is 4.43. The Labute approximate surface area is 196 Å². The Morgan fingerprint density at radius 3 is 2.00 bits per heavy atom. The van der Waals surface area contributed by atoms with E-state index in [1.165, 1.54) is 0 Å². The van der Waals surface area contributed by atoms with Crippen LogP contribution in [0.2, 0.25) is 0 Å². The lowest BCUT2D eigenvalue weighted by Crippen LogP contribution is -2.49. The molecule has 3 rings (SSSR count). The number of hydrogen-bond donors (Lipinski definition) is 1. The van der Waals surface area contributed by atoms with Crippen LogP contribution in [0.1, 0.15) is 44.5 Å². The molecule has 1 aliphatic heterocycles. The Bertz CT molecular complexity index is 911. The number of anilines is 2. The van der Waals surface area contributed by atoms with Gasteiger partial charge in [-0.2, -0.15) is 0 Å². The third-order valence-corrected chi connectivity index (χ3v) is 5.47. The molecule has 2 amide bonds. The average molecular weight is 454 g/mol. The smallest absolute Gasteiger partial charge is 0.255 e. The lowest BCUT2D eigenvalue weighted by molar-refractivity contribution is -0.132. The van der Waals surface area contributed by atoms with E-state index >= 15 is 0 Å². The Morgan fingerprint density at radius 2 is 1.48 bits per heavy atom. The monoisotopic (exact) mass is 453 g/mol. The van der Waals surface area contributed by atoms with E-state index in [-0.39, 0.29) is 11.8 Å². The summed E-state index contributed by atoms with van der Waals surface area (Å²) < 4.78 is 11.1. The molecule has 7 heteroatoms. The second-order valence-electron chi connectivity index (χ2n) is 8.53. The molecule has 0 radical (unpaired) electrons. The van der Waals surface area contributed by atoms with E-state index < -0.39 is 0 Å². The molecular formula is C26H35N3O4. The molecule has 2 aromatic rings. The topological polar surface area (TPSA) is 71.1 Å². The number of carbonyl (C=O) groups is 2. The summed E-state index contributed by atoms with van der Waals surface area (Å²) in [7, 11) is 0. The molecule has 33 heavy (non-hydrogen) atoms. The molecule has 1 heterocycles. The SMILES string of the molecule is CCOc1cc(OCC)cc(C(=O)Nc2ccc(N3CCN(C(=O)CC(C)C)CC3)cc2)c1. The van der Waals surface area contributed by atoms with Crippen molar-refractivity contribution in [1.82, 2.24) is 4.90 Å². The highest BCUT2D eigenvalue weighted by atomic mass is 16.5. The highest BCUT2D eigenvalue weighted by Crippen LogP contribution is 2.25. The molecule has 1 N–H and O–H groups in total. The second kappa shape index (κ2) is 11.6. The van der Waals surface area contributed by atoms with Crippen LogP contribution >= 0.6 is 0 Å². The first-order chi connectivity index (χ1) is 15.9. The Balaban J connectivity index is 1.60. The molecular weight excluding hydrogens is 418 g/mol. The number of hydrogen-bond acceptors (Lipinski definition) is 5. The molecule has 178 valence electrons. The Morgan fingerprint density at radius 1 is 0.909 bits per heavy atom. The molecule has 1 saturated heterocycles. The quantitative estimate of drug-likeness (QED) is 0.608. The number of nitrogens with zero attached hydrogens (tertiary/aromatic N) is 2. The van der Waals surface area contributed by atoms with Crippen LogP contribution in [0.4, 0.5) is 11.4 Å². The third-order valence-electron chi connectivity index (χ3n) is 5.47. The number of rotatable bonds is 9. The molecule has 0 aliphatic carbocycles. The minimum atomic E-state index is -0.220. The summed E-state index contributed by atoms with van der Waals surface area (Å²) in [4.78, 5) is 29.3. The summed E-state index contributed by atoms with van der Waals surface area (Å²) in [5.41, 5.74) is 2.28. The van der Waals surface area contributed by atoms with Gasteiger partial charge in [-0.25, -0.2) is 0 Å². The van der Waals surface area contributed by atoms with E-state index in [2.05, 4.69) is 24.1 Å². The van der Waals surface area contributed by atoms with Crippen LogP contribution < -0.4 is 19.7 Å². The predicted molar refractivity (Wildman–Crippen MR) is 131 cm³/mol. The lowest BCUT2D eigenvalue weighted by Gasteiger charge is -2.36. The number of ether oxygens (including phenoxy) is 2. The summed E-state index contributed by atoms with van der Waals surface area (Å²) in [6.45, 7) is 12.1. The number of nitrogens with one attached hydrogen (secondary N) is 1. The Kier molecular flexibility index (Phi) is 8.58. The van der Waals surface area contributed by atoms with E-state index in [9.17, 15) is 9.59 Å². The minimum absolute atomic E-state index is 0.220. The summed E-state index contributed by atoms with van der Waals surface area (Å²) in [6, 6.07) is 13.0. The van der Waals surface area contributed by atoms with E-state index in [0.717, 1.165) is 31.9 Å². The van der Waals surface area contributed by atoms with Gasteiger partial charge >= 0.3 is 0 Å². The molecule has 0 aromatic heterocycles. The van der Waals surface area contributed by atoms with Crippen molar-refractivity contribution in [3.63, 3.8) is 0 Å². The van der Waals surface area contributed by atoms with Crippen molar-refractivity contribution in [2.75, 3.05) is 49.6 Å². The summed E-state index contributed by atoms with van der Waals surface area (Å²) >= 11 is 0. The van der Waals surface area contributed by atoms with Gasteiger partial charge in [-0.15, -0.1) is 0 Å². The van der Waals surface area contributed by atoms with Crippen molar-refractivity contribution in [1.29, 1.82) is 0 Å². The lowest BCUT2D eigenvalue weighted by atomic mass is 10.1. The number of carbonyl (C=O) groups excluding carboxylic acids is 2. The maximum Gasteiger partial charge on any atom is 0.255 e. The van der Waals surface area contributed by atoms with Crippen LogP contribution in [0, 0.1) is 5.92 Å². The van der Waals surface area contributed by atoms with Gasteiger partial charge in [-0.1, -0.05) is 13.8 Å². The Hall–Kier alpha value is -3.22. The zero-order chi connectivity index (χ0) is 23.8. The average Bonchev–Trinajstić information content (AvgIpc) is 2.79. The van der Waals surface area contributed by atoms with E-state index in [4.69, 9.17) is 9.47 Å². The van der Waals surface area contributed by atoms with Crippen LogP contribution in [-0.4, -0.2) is 56.1 Å². The van der Waals surface area contributed by atoms with Crippen molar-refractivity contribution in [3.05, 3.63) is 48.0 Å². The maximum absolute atomic E-state index is 12.8. The van der Waals surface area contributed by atoms with Gasteiger partial charge in [0, 0.05) is 55.6 Å². The summed E-state index contributed by atoms with van der Waals surface area (Å²) in [6.07, 6.45) is 0.605. The van der Waals surface area contributed by atoms with E-state index in [1.54, 1.807) is 18.2 Å². The number of amides is 2. The first-order valence-electron chi connectivity index (χ1n) is 11.7. The first-order valence-corrected chi connectivity index (χ1v) is 11.7. The fraction of sp³-hybridized carbons (Fsp3) is 0.462. The van der Waals surface area contributed by atoms with Gasteiger partial charge < -0.3 is 24.6 Å². The van der Waals surface area contributed by atoms with Crippen LogP contribution in [0.5, 0.6) is 11.5 Å². The van der Waals surface area contributed by atoms with Crippen LogP contribution in [0.3, 0.4) is 0 Å². The van der Waals surface area contributed by atoms with Gasteiger partial charge in [0.15, 0.2) is 0 Å². The van der Waals surface area contributed by atoms with Gasteiger partial charge in [0.05, 0.1) is 13.2 Å². The van der Waals surface area contributed by atoms with Crippen LogP contribution in [-0.2, 0) is 4.79 Å². The second-order valence-corrected chi connectivity index (χ2v) is 8.53. The maximum atomic E-state index is 12.8. The van der Waals surface area contributed by atoms with Crippen molar-refractivity contribution in [2.24, 2.45) is 5.92 Å².